The van der Waals surface area contributed by atoms with E-state index in [0.717, 1.165) is 9.15 Å². The summed E-state index contributed by atoms with van der Waals surface area (Å²) in [5.41, 5.74) is -1.29. The molecule has 2 aromatic rings. The Morgan fingerprint density at radius 2 is 2.09 bits per heavy atom. The molecule has 6 nitrogen and oxygen atoms in total. The van der Waals surface area contributed by atoms with Gasteiger partial charge in [0.25, 0.3) is 5.91 Å². The second-order valence-electron chi connectivity index (χ2n) is 4.66. The number of nitrogens with one attached hydrogen (secondary N) is 1. The van der Waals surface area contributed by atoms with Gasteiger partial charge in [0.15, 0.2) is 5.69 Å². The molecule has 1 amide bonds. The van der Waals surface area contributed by atoms with Crippen LogP contribution in [0.5, 0.6) is 0 Å². The molecule has 23 heavy (non-hydrogen) atoms. The van der Waals surface area contributed by atoms with Crippen LogP contribution in [0.4, 0.5) is 13.2 Å². The van der Waals surface area contributed by atoms with Gasteiger partial charge in [-0.3, -0.25) is 14.2 Å². The Hall–Kier alpha value is -1.36. The zero-order chi connectivity index (χ0) is 17.2. The molecule has 0 radical (unpaired) electrons. The lowest BCUT2D eigenvalue weighted by molar-refractivity contribution is -0.142. The molecular weight excluding hydrogens is 447 g/mol. The van der Waals surface area contributed by atoms with Gasteiger partial charge in [0.2, 0.25) is 0 Å². The Morgan fingerprint density at radius 3 is 2.61 bits per heavy atom. The third-order valence-corrected chi connectivity index (χ3v) is 4.08. The molecule has 0 aliphatic rings. The van der Waals surface area contributed by atoms with Gasteiger partial charge in [0.05, 0.1) is 15.1 Å². The summed E-state index contributed by atoms with van der Waals surface area (Å²) in [5.74, 6) is -0.621. The van der Waals surface area contributed by atoms with E-state index in [2.05, 4.69) is 47.4 Å². The fourth-order valence-electron chi connectivity index (χ4n) is 1.91. The number of halogens is 5. The minimum Gasteiger partial charge on any atom is -0.351 e. The van der Waals surface area contributed by atoms with Crippen molar-refractivity contribution in [1.29, 1.82) is 0 Å². The van der Waals surface area contributed by atoms with E-state index in [9.17, 15) is 18.0 Å². The second-order valence-corrected chi connectivity index (χ2v) is 6.37. The van der Waals surface area contributed by atoms with Crippen LogP contribution in [0.1, 0.15) is 22.6 Å². The standard InChI is InChI=1S/C12H12Br2F3N5O/c1-21-9(8(14)10(20-21)12(15,16)17)11(23)18-3-2-4-22-6-7(13)5-19-22/h5-6H,2-4H2,1H3,(H,18,23). The first-order valence-electron chi connectivity index (χ1n) is 6.46. The zero-order valence-electron chi connectivity index (χ0n) is 11.9. The number of hydrogen-bond acceptors (Lipinski definition) is 3. The Morgan fingerprint density at radius 1 is 1.39 bits per heavy atom. The van der Waals surface area contributed by atoms with Gasteiger partial charge in [-0.25, -0.2) is 0 Å². The van der Waals surface area contributed by atoms with Crippen molar-refractivity contribution >= 4 is 37.8 Å². The molecule has 11 heteroatoms. The van der Waals surface area contributed by atoms with Crippen molar-refractivity contribution in [1.82, 2.24) is 24.9 Å². The smallest absolute Gasteiger partial charge is 0.351 e. The molecule has 126 valence electrons. The number of hydrogen-bond donors (Lipinski definition) is 1. The van der Waals surface area contributed by atoms with Crippen molar-refractivity contribution in [2.45, 2.75) is 19.1 Å². The van der Waals surface area contributed by atoms with Crippen molar-refractivity contribution < 1.29 is 18.0 Å². The number of carbonyl (C=O) groups excluding carboxylic acids is 1. The normalized spacial score (nSPS) is 11.7. The van der Waals surface area contributed by atoms with Gasteiger partial charge < -0.3 is 5.32 Å². The first kappa shape index (κ1) is 18.0. The summed E-state index contributed by atoms with van der Waals surface area (Å²) in [6.45, 7) is 0.877. The molecule has 0 atom stereocenters. The van der Waals surface area contributed by atoms with E-state index in [1.165, 1.54) is 7.05 Å². The number of nitrogens with zero attached hydrogens (tertiary/aromatic N) is 4. The Bertz CT molecular complexity index is 710. The van der Waals surface area contributed by atoms with Crippen molar-refractivity contribution in [2.75, 3.05) is 6.54 Å². The molecule has 0 unspecified atom stereocenters. The van der Waals surface area contributed by atoms with E-state index in [0.29, 0.717) is 19.5 Å². The highest BCUT2D eigenvalue weighted by atomic mass is 79.9. The van der Waals surface area contributed by atoms with Crippen LogP contribution in [0.2, 0.25) is 0 Å². The summed E-state index contributed by atoms with van der Waals surface area (Å²) < 4.78 is 41.3. The Kier molecular flexibility index (Phi) is 5.50. The summed E-state index contributed by atoms with van der Waals surface area (Å²) in [7, 11) is 1.29. The van der Waals surface area contributed by atoms with Gasteiger partial charge in [-0.2, -0.15) is 23.4 Å². The summed E-state index contributed by atoms with van der Waals surface area (Å²) in [4.78, 5) is 12.0. The van der Waals surface area contributed by atoms with Gasteiger partial charge in [-0.1, -0.05) is 0 Å². The van der Waals surface area contributed by atoms with Crippen LogP contribution in [0, 0.1) is 0 Å². The number of aromatic nitrogens is 4. The van der Waals surface area contributed by atoms with Crippen LogP contribution < -0.4 is 5.32 Å². The van der Waals surface area contributed by atoms with Gasteiger partial charge >= 0.3 is 6.18 Å². The topological polar surface area (TPSA) is 64.7 Å². The Balaban J connectivity index is 1.94. The second kappa shape index (κ2) is 7.04. The number of carbonyl (C=O) groups is 1. The van der Waals surface area contributed by atoms with Crippen LogP contribution >= 0.6 is 31.9 Å². The first-order valence-corrected chi connectivity index (χ1v) is 8.04. The lowest BCUT2D eigenvalue weighted by atomic mass is 10.3. The fraction of sp³-hybridized carbons (Fsp3) is 0.417. The van der Waals surface area contributed by atoms with E-state index in [1.807, 2.05) is 0 Å². The predicted octanol–water partition coefficient (Wildman–Crippen LogP) is 2.98. The van der Waals surface area contributed by atoms with Gasteiger partial charge in [0.1, 0.15) is 5.69 Å². The fourth-order valence-corrected chi connectivity index (χ4v) is 2.98. The van der Waals surface area contributed by atoms with Crippen LogP contribution in [0.25, 0.3) is 0 Å². The molecule has 0 saturated carbocycles. The highest BCUT2D eigenvalue weighted by molar-refractivity contribution is 9.10. The van der Waals surface area contributed by atoms with E-state index in [-0.39, 0.29) is 10.2 Å². The highest BCUT2D eigenvalue weighted by Gasteiger charge is 2.39. The molecule has 2 heterocycles. The van der Waals surface area contributed by atoms with Gasteiger partial charge in [-0.05, 0) is 38.3 Å². The summed E-state index contributed by atoms with van der Waals surface area (Å²) in [6, 6.07) is 0. The van der Waals surface area contributed by atoms with Crippen LogP contribution in [0.15, 0.2) is 21.3 Å². The van der Waals surface area contributed by atoms with E-state index < -0.39 is 17.8 Å². The predicted molar refractivity (Wildman–Crippen MR) is 82.8 cm³/mol. The third kappa shape index (κ3) is 4.34. The van der Waals surface area contributed by atoms with Gasteiger partial charge in [0, 0.05) is 26.3 Å². The zero-order valence-corrected chi connectivity index (χ0v) is 15.0. The SMILES string of the molecule is Cn1nc(C(F)(F)F)c(Br)c1C(=O)NCCCn1cc(Br)cn1. The molecule has 0 spiro atoms. The molecule has 0 aliphatic carbocycles. The van der Waals surface area contributed by atoms with Crippen molar-refractivity contribution in [3.05, 3.63) is 32.7 Å². The molecule has 2 aromatic heterocycles. The molecule has 0 aromatic carbocycles. The number of aryl methyl sites for hydroxylation is 2. The van der Waals surface area contributed by atoms with E-state index in [4.69, 9.17) is 0 Å². The molecular formula is C12H12Br2F3N5O. The van der Waals surface area contributed by atoms with Crippen molar-refractivity contribution in [3.8, 4) is 0 Å². The van der Waals surface area contributed by atoms with Crippen molar-refractivity contribution in [3.63, 3.8) is 0 Å². The minimum absolute atomic E-state index is 0.167. The van der Waals surface area contributed by atoms with Crippen molar-refractivity contribution in [2.24, 2.45) is 7.05 Å². The highest BCUT2D eigenvalue weighted by Crippen LogP contribution is 2.35. The summed E-state index contributed by atoms with van der Waals surface area (Å²) in [6.07, 6.45) is -0.608. The number of amides is 1. The van der Waals surface area contributed by atoms with Crippen LogP contribution in [-0.4, -0.2) is 32.0 Å². The molecule has 0 saturated heterocycles. The van der Waals surface area contributed by atoms with Crippen LogP contribution in [0.3, 0.4) is 0 Å². The number of rotatable bonds is 5. The van der Waals surface area contributed by atoms with Gasteiger partial charge in [-0.15, -0.1) is 0 Å². The quantitative estimate of drug-likeness (QED) is 0.700. The average Bonchev–Trinajstić information content (AvgIpc) is 2.98. The molecule has 0 fully saturated rings. The van der Waals surface area contributed by atoms with E-state index >= 15 is 0 Å². The molecule has 2 rings (SSSR count). The lowest BCUT2D eigenvalue weighted by Crippen LogP contribution is -2.27. The Labute approximate surface area is 146 Å². The lowest BCUT2D eigenvalue weighted by Gasteiger charge is -2.06. The molecule has 0 bridgehead atoms. The van der Waals surface area contributed by atoms with Crippen LogP contribution in [-0.2, 0) is 19.8 Å². The molecule has 0 aliphatic heterocycles. The monoisotopic (exact) mass is 457 g/mol. The molecule has 1 N–H and O–H groups in total. The third-order valence-electron chi connectivity index (χ3n) is 2.92. The maximum Gasteiger partial charge on any atom is 0.436 e. The first-order chi connectivity index (χ1) is 10.7. The minimum atomic E-state index is -4.62. The largest absolute Gasteiger partial charge is 0.436 e. The average molecular weight is 459 g/mol. The maximum atomic E-state index is 12.8. The van der Waals surface area contributed by atoms with E-state index in [1.54, 1.807) is 17.1 Å². The number of alkyl halides is 3. The summed E-state index contributed by atoms with van der Waals surface area (Å²) >= 11 is 6.07. The summed E-state index contributed by atoms with van der Waals surface area (Å²) in [5, 5.41) is 9.98. The maximum absolute atomic E-state index is 12.8.